The molecule has 2 N–H and O–H groups in total. The van der Waals surface area contributed by atoms with Crippen LogP contribution in [0.5, 0.6) is 5.75 Å². The Morgan fingerprint density at radius 2 is 1.60 bits per heavy atom. The van der Waals surface area contributed by atoms with Crippen LogP contribution in [0, 0.1) is 12.3 Å². The van der Waals surface area contributed by atoms with Crippen molar-refractivity contribution >= 4 is 12.0 Å². The van der Waals surface area contributed by atoms with Gasteiger partial charge in [-0.25, -0.2) is 0 Å². The number of aromatic nitrogens is 2. The lowest BCUT2D eigenvalue weighted by molar-refractivity contribution is 0.0970. The van der Waals surface area contributed by atoms with Gasteiger partial charge in [0.1, 0.15) is 5.75 Å². The third-order valence-corrected chi connectivity index (χ3v) is 5.12. The number of ketones is 1. The van der Waals surface area contributed by atoms with Crippen LogP contribution in [0.1, 0.15) is 75.6 Å². The third-order valence-electron chi connectivity index (χ3n) is 5.12. The van der Waals surface area contributed by atoms with Crippen molar-refractivity contribution in [3.63, 3.8) is 0 Å². The van der Waals surface area contributed by atoms with E-state index >= 15 is 0 Å². The van der Waals surface area contributed by atoms with Crippen LogP contribution >= 0.6 is 0 Å². The number of nitrogens with zero attached hydrogens (tertiary/aromatic N) is 2. The topological polar surface area (TPSA) is 71.0 Å². The predicted octanol–water partition coefficient (Wildman–Crippen LogP) is 5.31. The van der Waals surface area contributed by atoms with E-state index in [0.29, 0.717) is 5.56 Å². The van der Waals surface area contributed by atoms with Gasteiger partial charge in [-0.2, -0.15) is 0 Å². The lowest BCUT2D eigenvalue weighted by atomic mass is 9.78. The molecule has 2 aromatic rings. The van der Waals surface area contributed by atoms with Crippen LogP contribution in [0.2, 0.25) is 0 Å². The van der Waals surface area contributed by atoms with Gasteiger partial charge in [0.15, 0.2) is 5.78 Å². The van der Waals surface area contributed by atoms with E-state index < -0.39 is 0 Å². The molecule has 30 heavy (non-hydrogen) atoms. The van der Waals surface area contributed by atoms with Crippen LogP contribution in [-0.4, -0.2) is 20.0 Å². The van der Waals surface area contributed by atoms with Crippen LogP contribution in [0.25, 0.3) is 6.20 Å². The molecular formula is C25H35N3O2. The zero-order valence-electron chi connectivity index (χ0n) is 19.5. The molecule has 1 aromatic heterocycles. The molecule has 162 valence electrons. The molecule has 0 unspecified atom stereocenters. The van der Waals surface area contributed by atoms with Crippen molar-refractivity contribution in [2.45, 2.75) is 72.8 Å². The molecule has 0 saturated carbocycles. The first-order valence-corrected chi connectivity index (χ1v) is 10.3. The van der Waals surface area contributed by atoms with E-state index in [2.05, 4.69) is 0 Å². The number of rotatable bonds is 5. The largest absolute Gasteiger partial charge is 0.507 e. The smallest absolute Gasteiger partial charge is 0.206 e. The molecule has 5 nitrogen and oxygen atoms in total. The average molecular weight is 410 g/mol. The van der Waals surface area contributed by atoms with E-state index in [4.69, 9.17) is 5.41 Å². The molecule has 0 radical (unpaired) electrons. The summed E-state index contributed by atoms with van der Waals surface area (Å²) in [5.41, 5.74) is 2.61. The minimum absolute atomic E-state index is 0.0715. The van der Waals surface area contributed by atoms with Gasteiger partial charge in [-0.05, 0) is 42.9 Å². The van der Waals surface area contributed by atoms with Gasteiger partial charge in [-0.3, -0.25) is 14.8 Å². The fraction of sp³-hybridized carbons (Fsp3) is 0.440. The number of aromatic hydroxyl groups is 1. The van der Waals surface area contributed by atoms with Gasteiger partial charge >= 0.3 is 0 Å². The molecule has 0 aliphatic carbocycles. The second-order valence-electron chi connectivity index (χ2n) is 9.80. The number of phenolic OH excluding ortho intramolecular Hbond substituents is 1. The van der Waals surface area contributed by atoms with Crippen LogP contribution in [-0.2, 0) is 17.4 Å². The minimum atomic E-state index is -0.300. The maximum Gasteiger partial charge on any atom is 0.206 e. The highest BCUT2D eigenvalue weighted by atomic mass is 16.3. The van der Waals surface area contributed by atoms with Crippen molar-refractivity contribution in [3.05, 3.63) is 64.6 Å². The minimum Gasteiger partial charge on any atom is -0.507 e. The number of hydrogen-bond acceptors (Lipinski definition) is 3. The Morgan fingerprint density at radius 3 is 2.07 bits per heavy atom. The van der Waals surface area contributed by atoms with Gasteiger partial charge < -0.3 is 9.67 Å². The van der Waals surface area contributed by atoms with Crippen molar-refractivity contribution in [1.82, 2.24) is 9.13 Å². The van der Waals surface area contributed by atoms with E-state index in [1.165, 1.54) is 0 Å². The van der Waals surface area contributed by atoms with Gasteiger partial charge in [0, 0.05) is 34.8 Å². The normalized spacial score (nSPS) is 12.9. The predicted molar refractivity (Wildman–Crippen MR) is 123 cm³/mol. The summed E-state index contributed by atoms with van der Waals surface area (Å²) >= 11 is 0. The molecule has 2 rings (SSSR count). The van der Waals surface area contributed by atoms with Crippen LogP contribution < -0.4 is 5.62 Å². The van der Waals surface area contributed by atoms with Crippen molar-refractivity contribution in [1.29, 1.82) is 5.41 Å². The van der Waals surface area contributed by atoms with E-state index in [1.807, 2.05) is 86.0 Å². The molecule has 0 spiro atoms. The molecule has 0 aliphatic heterocycles. The fourth-order valence-electron chi connectivity index (χ4n) is 3.39. The summed E-state index contributed by atoms with van der Waals surface area (Å²) in [4.78, 5) is 13.2. The number of phenols is 1. The summed E-state index contributed by atoms with van der Waals surface area (Å²) in [6.45, 7) is 16.1. The van der Waals surface area contributed by atoms with Crippen LogP contribution in [0.4, 0.5) is 0 Å². The molecule has 0 aliphatic rings. The Labute approximate surface area is 179 Å². The average Bonchev–Trinajstić information content (AvgIpc) is 2.87. The molecule has 1 aromatic carbocycles. The number of hydrogen-bond donors (Lipinski definition) is 2. The highest BCUT2D eigenvalue weighted by molar-refractivity contribution is 5.96. The van der Waals surface area contributed by atoms with Crippen LogP contribution in [0.3, 0.4) is 0 Å². The van der Waals surface area contributed by atoms with Gasteiger partial charge in [0.25, 0.3) is 0 Å². The highest BCUT2D eigenvalue weighted by Gasteiger charge is 2.27. The lowest BCUT2D eigenvalue weighted by Gasteiger charge is -2.28. The SMILES string of the molecule is C/C=C/C=C\n1c(C)cn(CC(=O)c2cc(C(C)(C)C)c(O)c(C(C)(C)C)c2)c1=N. The van der Waals surface area contributed by atoms with Gasteiger partial charge in [0.2, 0.25) is 5.62 Å². The first-order valence-electron chi connectivity index (χ1n) is 10.3. The second-order valence-corrected chi connectivity index (χ2v) is 9.80. The molecule has 0 saturated heterocycles. The first kappa shape index (κ1) is 23.5. The summed E-state index contributed by atoms with van der Waals surface area (Å²) < 4.78 is 3.39. The Morgan fingerprint density at radius 1 is 1.07 bits per heavy atom. The summed E-state index contributed by atoms with van der Waals surface area (Å²) in [6, 6.07) is 3.60. The Balaban J connectivity index is 2.50. The summed E-state index contributed by atoms with van der Waals surface area (Å²) in [7, 11) is 0. The number of benzene rings is 1. The number of Topliss-reactive ketones (excluding diaryl/α,β-unsaturated/α-hetero) is 1. The van der Waals surface area contributed by atoms with E-state index in [9.17, 15) is 9.90 Å². The Kier molecular flexibility index (Phi) is 6.65. The molecular weight excluding hydrogens is 374 g/mol. The zero-order valence-corrected chi connectivity index (χ0v) is 19.5. The standard InChI is InChI=1S/C25H35N3O2/c1-9-10-11-12-28-17(2)15-27(23(28)26)16-21(29)18-13-19(24(3,4)5)22(30)20(14-18)25(6,7)8/h9-15,26,30H,16H2,1-8H3/b10-9+,12-11-,26-23?. The number of carbonyl (C=O) groups excluding carboxylic acids is 1. The second kappa shape index (κ2) is 8.50. The highest BCUT2D eigenvalue weighted by Crippen LogP contribution is 2.39. The van der Waals surface area contributed by atoms with Crippen molar-refractivity contribution in [2.75, 3.05) is 0 Å². The molecule has 5 heteroatoms. The third kappa shape index (κ3) is 5.02. The number of imidazole rings is 1. The van der Waals surface area contributed by atoms with Gasteiger partial charge in [0.05, 0.1) is 6.54 Å². The molecule has 0 amide bonds. The van der Waals surface area contributed by atoms with Crippen molar-refractivity contribution < 1.29 is 9.90 Å². The van der Waals surface area contributed by atoms with Crippen molar-refractivity contribution in [2.24, 2.45) is 0 Å². The molecule has 0 bridgehead atoms. The van der Waals surface area contributed by atoms with E-state index in [1.54, 1.807) is 21.3 Å². The fourth-order valence-corrected chi connectivity index (χ4v) is 3.39. The maximum absolute atomic E-state index is 13.2. The van der Waals surface area contributed by atoms with Crippen LogP contribution in [0.15, 0.2) is 36.6 Å². The summed E-state index contributed by atoms with van der Waals surface area (Å²) in [5, 5.41) is 19.3. The van der Waals surface area contributed by atoms with E-state index in [0.717, 1.165) is 16.8 Å². The monoisotopic (exact) mass is 409 g/mol. The number of aryl methyl sites for hydroxylation is 1. The summed E-state index contributed by atoms with van der Waals surface area (Å²) in [6.07, 6.45) is 9.31. The number of nitrogens with one attached hydrogen (secondary N) is 1. The number of carbonyl (C=O) groups is 1. The maximum atomic E-state index is 13.2. The van der Waals surface area contributed by atoms with E-state index in [-0.39, 0.29) is 34.5 Å². The lowest BCUT2D eigenvalue weighted by Crippen LogP contribution is -2.26. The zero-order chi connectivity index (χ0) is 22.9. The van der Waals surface area contributed by atoms with Gasteiger partial charge in [-0.1, -0.05) is 53.7 Å². The van der Waals surface area contributed by atoms with Crippen molar-refractivity contribution in [3.8, 4) is 5.75 Å². The quantitative estimate of drug-likeness (QED) is 0.519. The Hall–Kier alpha value is -2.82. The first-order chi connectivity index (χ1) is 13.8. The molecule has 0 fully saturated rings. The summed E-state index contributed by atoms with van der Waals surface area (Å²) in [5.74, 6) is 0.176. The van der Waals surface area contributed by atoms with Gasteiger partial charge in [-0.15, -0.1) is 0 Å². The molecule has 1 heterocycles. The molecule has 0 atom stereocenters. The Bertz CT molecular complexity index is 1020. The number of allylic oxidation sites excluding steroid dienone is 3.